The third kappa shape index (κ3) is 2.93. The van der Waals surface area contributed by atoms with Crippen molar-refractivity contribution >= 4 is 5.69 Å². The van der Waals surface area contributed by atoms with Crippen LogP contribution in [-0.2, 0) is 6.18 Å². The molecule has 2 N–H and O–H groups in total. The summed E-state index contributed by atoms with van der Waals surface area (Å²) < 4.78 is 37.0. The van der Waals surface area contributed by atoms with E-state index in [0.29, 0.717) is 5.56 Å². The second-order valence-electron chi connectivity index (χ2n) is 2.94. The van der Waals surface area contributed by atoms with E-state index in [1.807, 2.05) is 0 Å². The Bertz CT molecular complexity index is 487. The second-order valence-corrected chi connectivity index (χ2v) is 2.94. The second kappa shape index (κ2) is 4.59. The lowest BCUT2D eigenvalue weighted by Gasteiger charge is -2.09. The monoisotopic (exact) mass is 224 g/mol. The van der Waals surface area contributed by atoms with Gasteiger partial charge in [-0.05, 0) is 18.2 Å². The SMILES string of the molecule is N#CCC#Cc1ccc(C(F)(F)F)c(N)c1. The first-order valence-corrected chi connectivity index (χ1v) is 4.27. The van der Waals surface area contributed by atoms with Gasteiger partial charge in [0.1, 0.15) is 0 Å². The number of nitriles is 1. The van der Waals surface area contributed by atoms with Crippen LogP contribution in [-0.4, -0.2) is 0 Å². The lowest BCUT2D eigenvalue weighted by atomic mass is 10.1. The maximum Gasteiger partial charge on any atom is 0.418 e. The molecule has 0 aliphatic rings. The van der Waals surface area contributed by atoms with E-state index in [9.17, 15) is 13.2 Å². The molecule has 0 unspecified atom stereocenters. The van der Waals surface area contributed by atoms with Crippen LogP contribution in [0.25, 0.3) is 0 Å². The van der Waals surface area contributed by atoms with E-state index in [4.69, 9.17) is 11.0 Å². The normalized spacial score (nSPS) is 10.1. The van der Waals surface area contributed by atoms with E-state index in [-0.39, 0.29) is 12.1 Å². The van der Waals surface area contributed by atoms with Crippen molar-refractivity contribution in [1.82, 2.24) is 0 Å². The highest BCUT2D eigenvalue weighted by atomic mass is 19.4. The first kappa shape index (κ1) is 11.9. The summed E-state index contributed by atoms with van der Waals surface area (Å²) in [7, 11) is 0. The third-order valence-corrected chi connectivity index (χ3v) is 1.76. The molecule has 0 saturated carbocycles. The third-order valence-electron chi connectivity index (χ3n) is 1.76. The van der Waals surface area contributed by atoms with Gasteiger partial charge in [-0.15, -0.1) is 0 Å². The van der Waals surface area contributed by atoms with Gasteiger partial charge in [0.25, 0.3) is 0 Å². The Kier molecular flexibility index (Phi) is 3.42. The molecule has 0 saturated heterocycles. The minimum atomic E-state index is -4.46. The van der Waals surface area contributed by atoms with Crippen molar-refractivity contribution in [2.75, 3.05) is 5.73 Å². The number of benzene rings is 1. The Labute approximate surface area is 90.5 Å². The van der Waals surface area contributed by atoms with E-state index in [0.717, 1.165) is 12.1 Å². The molecule has 0 bridgehead atoms. The number of hydrogen-bond acceptors (Lipinski definition) is 2. The molecule has 5 heteroatoms. The van der Waals surface area contributed by atoms with Crippen LogP contribution in [0.1, 0.15) is 17.5 Å². The van der Waals surface area contributed by atoms with Gasteiger partial charge >= 0.3 is 6.18 Å². The van der Waals surface area contributed by atoms with E-state index in [1.165, 1.54) is 6.07 Å². The minimum Gasteiger partial charge on any atom is -0.398 e. The van der Waals surface area contributed by atoms with E-state index < -0.39 is 11.7 Å². The summed E-state index contributed by atoms with van der Waals surface area (Å²) in [5.74, 6) is 5.03. The zero-order valence-electron chi connectivity index (χ0n) is 8.10. The standard InChI is InChI=1S/C11H7F3N2/c12-11(13,14)9-5-4-8(7-10(9)16)3-1-2-6-15/h4-5,7H,2,16H2. The predicted octanol–water partition coefficient (Wildman–Crippen LogP) is 2.55. The number of alkyl halides is 3. The number of nitrogens with two attached hydrogens (primary N) is 1. The minimum absolute atomic E-state index is 0.0287. The molecule has 2 nitrogen and oxygen atoms in total. The Morgan fingerprint density at radius 3 is 2.50 bits per heavy atom. The summed E-state index contributed by atoms with van der Waals surface area (Å²) in [5.41, 5.74) is 4.38. The molecule has 0 radical (unpaired) electrons. The van der Waals surface area contributed by atoms with Gasteiger partial charge in [0.15, 0.2) is 0 Å². The molecule has 0 fully saturated rings. The van der Waals surface area contributed by atoms with Gasteiger partial charge in [0, 0.05) is 11.3 Å². The topological polar surface area (TPSA) is 49.8 Å². The molecule has 0 aliphatic heterocycles. The molecule has 1 aromatic carbocycles. The molecular formula is C11H7F3N2. The molecule has 0 aliphatic carbocycles. The summed E-state index contributed by atoms with van der Waals surface area (Å²) in [6.45, 7) is 0. The van der Waals surface area contributed by atoms with Gasteiger partial charge in [-0.25, -0.2) is 0 Å². The first-order chi connectivity index (χ1) is 7.45. The fraction of sp³-hybridized carbons (Fsp3) is 0.182. The van der Waals surface area contributed by atoms with Crippen molar-refractivity contribution in [2.45, 2.75) is 12.6 Å². The van der Waals surface area contributed by atoms with Crippen LogP contribution >= 0.6 is 0 Å². The average Bonchev–Trinajstić information content (AvgIpc) is 2.16. The Morgan fingerprint density at radius 2 is 2.00 bits per heavy atom. The van der Waals surface area contributed by atoms with Gasteiger partial charge < -0.3 is 5.73 Å². The largest absolute Gasteiger partial charge is 0.418 e. The van der Waals surface area contributed by atoms with Crippen LogP contribution in [0.15, 0.2) is 18.2 Å². The predicted molar refractivity (Wildman–Crippen MR) is 53.0 cm³/mol. The van der Waals surface area contributed by atoms with E-state index >= 15 is 0 Å². The van der Waals surface area contributed by atoms with Gasteiger partial charge in [0.2, 0.25) is 0 Å². The van der Waals surface area contributed by atoms with Crippen molar-refractivity contribution < 1.29 is 13.2 Å². The average molecular weight is 224 g/mol. The van der Waals surface area contributed by atoms with Crippen LogP contribution < -0.4 is 5.73 Å². The van der Waals surface area contributed by atoms with Crippen LogP contribution in [0.2, 0.25) is 0 Å². The molecular weight excluding hydrogens is 217 g/mol. The quantitative estimate of drug-likeness (QED) is 0.543. The maximum absolute atomic E-state index is 12.3. The molecule has 16 heavy (non-hydrogen) atoms. The number of nitrogens with zero attached hydrogens (tertiary/aromatic N) is 1. The van der Waals surface area contributed by atoms with Crippen molar-refractivity contribution in [2.24, 2.45) is 0 Å². The number of rotatable bonds is 0. The fourth-order valence-corrected chi connectivity index (χ4v) is 1.08. The van der Waals surface area contributed by atoms with E-state index in [1.54, 1.807) is 6.07 Å². The van der Waals surface area contributed by atoms with Crippen LogP contribution in [0.3, 0.4) is 0 Å². The smallest absolute Gasteiger partial charge is 0.398 e. The first-order valence-electron chi connectivity index (χ1n) is 4.27. The molecule has 0 aromatic heterocycles. The van der Waals surface area contributed by atoms with E-state index in [2.05, 4.69) is 11.8 Å². The maximum atomic E-state index is 12.3. The Hall–Kier alpha value is -2.14. The number of nitrogen functional groups attached to an aromatic ring is 1. The highest BCUT2D eigenvalue weighted by Crippen LogP contribution is 2.33. The van der Waals surface area contributed by atoms with Crippen molar-refractivity contribution in [3.05, 3.63) is 29.3 Å². The summed E-state index contributed by atoms with van der Waals surface area (Å²) in [5, 5.41) is 8.22. The van der Waals surface area contributed by atoms with Crippen LogP contribution in [0, 0.1) is 23.2 Å². The fourth-order valence-electron chi connectivity index (χ4n) is 1.08. The van der Waals surface area contributed by atoms with Crippen molar-refractivity contribution in [3.8, 4) is 17.9 Å². The van der Waals surface area contributed by atoms with Gasteiger partial charge in [-0.1, -0.05) is 11.8 Å². The summed E-state index contributed by atoms with van der Waals surface area (Å²) in [6, 6.07) is 5.06. The molecule has 0 heterocycles. The van der Waals surface area contributed by atoms with Crippen molar-refractivity contribution in [1.29, 1.82) is 5.26 Å². The Balaban J connectivity index is 3.03. The highest BCUT2D eigenvalue weighted by molar-refractivity contribution is 5.54. The Morgan fingerprint density at radius 1 is 1.31 bits per heavy atom. The molecule has 1 rings (SSSR count). The number of hydrogen-bond donors (Lipinski definition) is 1. The lowest BCUT2D eigenvalue weighted by Crippen LogP contribution is -2.08. The molecule has 82 valence electrons. The van der Waals surface area contributed by atoms with Crippen molar-refractivity contribution in [3.63, 3.8) is 0 Å². The van der Waals surface area contributed by atoms with Crippen LogP contribution in [0.4, 0.5) is 18.9 Å². The lowest BCUT2D eigenvalue weighted by molar-refractivity contribution is -0.136. The van der Waals surface area contributed by atoms with Gasteiger partial charge in [-0.3, -0.25) is 0 Å². The number of anilines is 1. The van der Waals surface area contributed by atoms with Crippen LogP contribution in [0.5, 0.6) is 0 Å². The summed E-state index contributed by atoms with van der Waals surface area (Å²) in [4.78, 5) is 0. The zero-order valence-corrected chi connectivity index (χ0v) is 8.10. The van der Waals surface area contributed by atoms with Gasteiger partial charge in [-0.2, -0.15) is 18.4 Å². The summed E-state index contributed by atoms with van der Waals surface area (Å²) >= 11 is 0. The van der Waals surface area contributed by atoms with Gasteiger partial charge in [0.05, 0.1) is 18.1 Å². The molecule has 0 amide bonds. The molecule has 0 spiro atoms. The molecule has 1 aromatic rings. The number of halogens is 3. The summed E-state index contributed by atoms with van der Waals surface area (Å²) in [6.07, 6.45) is -4.43. The zero-order chi connectivity index (χ0) is 12.2. The highest BCUT2D eigenvalue weighted by Gasteiger charge is 2.32. The molecule has 0 atom stereocenters.